The van der Waals surface area contributed by atoms with Gasteiger partial charge in [0.25, 0.3) is 5.91 Å². The Labute approximate surface area is 152 Å². The lowest BCUT2D eigenvalue weighted by Crippen LogP contribution is -2.17. The second kappa shape index (κ2) is 6.74. The van der Waals surface area contributed by atoms with E-state index in [2.05, 4.69) is 41.2 Å². The van der Waals surface area contributed by atoms with Crippen LogP contribution in [0.1, 0.15) is 21.5 Å². The fourth-order valence-electron chi connectivity index (χ4n) is 2.54. The normalized spacial score (nSPS) is 12.0. The highest BCUT2D eigenvalue weighted by atomic mass is 32.1. The van der Waals surface area contributed by atoms with Gasteiger partial charge < -0.3 is 4.57 Å². The zero-order valence-electron chi connectivity index (χ0n) is 13.5. The Morgan fingerprint density at radius 2 is 2.00 bits per heavy atom. The van der Waals surface area contributed by atoms with Crippen LogP contribution in [0.25, 0.3) is 10.2 Å². The summed E-state index contributed by atoms with van der Waals surface area (Å²) in [6, 6.07) is 13.9. The molecular weight excluding hydrogens is 350 g/mol. The van der Waals surface area contributed by atoms with Gasteiger partial charge in [0.1, 0.15) is 0 Å². The summed E-state index contributed by atoms with van der Waals surface area (Å²) in [5.41, 5.74) is 5.70. The first kappa shape index (κ1) is 15.9. The maximum atomic E-state index is 12.5. The minimum atomic E-state index is -0.226. The van der Waals surface area contributed by atoms with Crippen LogP contribution < -0.4 is 4.80 Å². The summed E-state index contributed by atoms with van der Waals surface area (Å²) in [5.74, 6) is -0.226. The molecule has 6 heteroatoms. The second-order valence-electron chi connectivity index (χ2n) is 5.75. The molecule has 2 aromatic carbocycles. The van der Waals surface area contributed by atoms with Crippen molar-refractivity contribution in [3.63, 3.8) is 0 Å². The number of carbonyl (C=O) groups is 1. The fourth-order valence-corrected chi connectivity index (χ4v) is 3.98. The first-order valence-electron chi connectivity index (χ1n) is 7.81. The van der Waals surface area contributed by atoms with Crippen LogP contribution in [-0.2, 0) is 6.54 Å². The van der Waals surface area contributed by atoms with Gasteiger partial charge in [0, 0.05) is 23.7 Å². The van der Waals surface area contributed by atoms with E-state index in [-0.39, 0.29) is 5.91 Å². The Morgan fingerprint density at radius 1 is 1.16 bits per heavy atom. The molecule has 1 amide bonds. The standard InChI is InChI=1S/C19H15N3OS2/c1-13-2-4-14(5-3-13)11-22-8-9-24-19(22)21-18(23)15-6-7-16-17(10-15)25-12-20-16/h2-10,12H,11H2,1H3. The van der Waals surface area contributed by atoms with Gasteiger partial charge in [0.15, 0.2) is 4.80 Å². The van der Waals surface area contributed by atoms with Crippen LogP contribution >= 0.6 is 22.7 Å². The van der Waals surface area contributed by atoms with Gasteiger partial charge in [0.2, 0.25) is 0 Å². The number of thiazole rings is 2. The number of amides is 1. The van der Waals surface area contributed by atoms with Gasteiger partial charge in [-0.3, -0.25) is 4.79 Å². The number of fused-ring (bicyclic) bond motifs is 1. The van der Waals surface area contributed by atoms with Crippen LogP contribution in [0.3, 0.4) is 0 Å². The van der Waals surface area contributed by atoms with Crippen molar-refractivity contribution in [1.82, 2.24) is 9.55 Å². The number of benzene rings is 2. The molecule has 4 aromatic rings. The average Bonchev–Trinajstić information content (AvgIpc) is 3.25. The summed E-state index contributed by atoms with van der Waals surface area (Å²) in [4.78, 5) is 21.8. The highest BCUT2D eigenvalue weighted by Gasteiger charge is 2.07. The Morgan fingerprint density at radius 3 is 2.84 bits per heavy atom. The third-order valence-electron chi connectivity index (χ3n) is 3.91. The Hall–Kier alpha value is -2.57. The van der Waals surface area contributed by atoms with Crippen LogP contribution in [0.15, 0.2) is 64.5 Å². The van der Waals surface area contributed by atoms with E-state index in [9.17, 15) is 4.79 Å². The van der Waals surface area contributed by atoms with Crippen LogP contribution in [0.2, 0.25) is 0 Å². The second-order valence-corrected chi connectivity index (χ2v) is 7.51. The van der Waals surface area contributed by atoms with Crippen LogP contribution in [0.4, 0.5) is 0 Å². The number of hydrogen-bond acceptors (Lipinski definition) is 4. The summed E-state index contributed by atoms with van der Waals surface area (Å²) in [6.45, 7) is 2.77. The quantitative estimate of drug-likeness (QED) is 0.545. The molecular formula is C19H15N3OS2. The maximum Gasteiger partial charge on any atom is 0.279 e. The zero-order valence-corrected chi connectivity index (χ0v) is 15.2. The van der Waals surface area contributed by atoms with E-state index in [0.717, 1.165) is 10.2 Å². The number of nitrogens with zero attached hydrogens (tertiary/aromatic N) is 3. The summed E-state index contributed by atoms with van der Waals surface area (Å²) < 4.78 is 3.00. The van der Waals surface area contributed by atoms with Gasteiger partial charge in [-0.25, -0.2) is 4.98 Å². The van der Waals surface area contributed by atoms with Gasteiger partial charge in [-0.05, 0) is 30.7 Å². The van der Waals surface area contributed by atoms with Gasteiger partial charge in [-0.1, -0.05) is 29.8 Å². The summed E-state index contributed by atoms with van der Waals surface area (Å²) in [5, 5.41) is 1.95. The molecule has 2 heterocycles. The average molecular weight is 365 g/mol. The summed E-state index contributed by atoms with van der Waals surface area (Å²) in [7, 11) is 0. The van der Waals surface area contributed by atoms with Gasteiger partial charge in [0.05, 0.1) is 15.7 Å². The molecule has 0 saturated carbocycles. The van der Waals surface area contributed by atoms with Crippen molar-refractivity contribution in [2.24, 2.45) is 4.99 Å². The maximum absolute atomic E-state index is 12.5. The van der Waals surface area contributed by atoms with Crippen molar-refractivity contribution in [1.29, 1.82) is 0 Å². The highest BCUT2D eigenvalue weighted by molar-refractivity contribution is 7.16. The SMILES string of the molecule is Cc1ccc(Cn2ccsc2=NC(=O)c2ccc3ncsc3c2)cc1. The number of rotatable bonds is 3. The van der Waals surface area contributed by atoms with Crippen molar-refractivity contribution < 1.29 is 4.79 Å². The largest absolute Gasteiger partial charge is 0.319 e. The topological polar surface area (TPSA) is 47.2 Å². The Bertz CT molecular complexity index is 1100. The van der Waals surface area contributed by atoms with Crippen molar-refractivity contribution in [3.05, 3.63) is 81.0 Å². The third-order valence-corrected chi connectivity index (χ3v) is 5.50. The number of hydrogen-bond donors (Lipinski definition) is 0. The molecule has 124 valence electrons. The van der Waals surface area contributed by atoms with E-state index < -0.39 is 0 Å². The minimum absolute atomic E-state index is 0.226. The first-order valence-corrected chi connectivity index (χ1v) is 9.57. The number of carbonyl (C=O) groups excluding carboxylic acids is 1. The van der Waals surface area contributed by atoms with Crippen LogP contribution in [0, 0.1) is 6.92 Å². The number of aromatic nitrogens is 2. The molecule has 4 rings (SSSR count). The minimum Gasteiger partial charge on any atom is -0.319 e. The predicted octanol–water partition coefficient (Wildman–Crippen LogP) is 4.26. The van der Waals surface area contributed by atoms with E-state index in [4.69, 9.17) is 0 Å². The zero-order chi connectivity index (χ0) is 17.2. The lowest BCUT2D eigenvalue weighted by atomic mass is 10.1. The van der Waals surface area contributed by atoms with Crippen molar-refractivity contribution >= 4 is 38.8 Å². The molecule has 0 fully saturated rings. The Kier molecular flexibility index (Phi) is 4.29. The lowest BCUT2D eigenvalue weighted by molar-refractivity contribution is 0.0998. The monoisotopic (exact) mass is 365 g/mol. The van der Waals surface area contributed by atoms with E-state index in [1.165, 1.54) is 33.8 Å². The molecule has 0 unspecified atom stereocenters. The fraction of sp³-hybridized carbons (Fsp3) is 0.105. The summed E-state index contributed by atoms with van der Waals surface area (Å²) >= 11 is 2.99. The van der Waals surface area contributed by atoms with E-state index in [1.807, 2.05) is 28.3 Å². The molecule has 0 atom stereocenters. The number of aryl methyl sites for hydroxylation is 1. The molecule has 2 aromatic heterocycles. The molecule has 0 N–H and O–H groups in total. The van der Waals surface area contributed by atoms with Gasteiger partial charge in [-0.15, -0.1) is 22.7 Å². The van der Waals surface area contributed by atoms with Crippen molar-refractivity contribution in [3.8, 4) is 0 Å². The van der Waals surface area contributed by atoms with E-state index in [1.54, 1.807) is 11.6 Å². The molecule has 0 radical (unpaired) electrons. The molecule has 0 bridgehead atoms. The smallest absolute Gasteiger partial charge is 0.279 e. The van der Waals surface area contributed by atoms with Crippen LogP contribution in [-0.4, -0.2) is 15.5 Å². The van der Waals surface area contributed by atoms with Crippen LogP contribution in [0.5, 0.6) is 0 Å². The molecule has 0 spiro atoms. The molecule has 0 saturated heterocycles. The van der Waals surface area contributed by atoms with Crippen molar-refractivity contribution in [2.45, 2.75) is 13.5 Å². The molecule has 0 aliphatic carbocycles. The summed E-state index contributed by atoms with van der Waals surface area (Å²) in [6.07, 6.45) is 1.96. The predicted molar refractivity (Wildman–Crippen MR) is 102 cm³/mol. The van der Waals surface area contributed by atoms with E-state index >= 15 is 0 Å². The third kappa shape index (κ3) is 3.45. The molecule has 0 aliphatic rings. The molecule has 0 aliphatic heterocycles. The van der Waals surface area contributed by atoms with Crippen molar-refractivity contribution in [2.75, 3.05) is 0 Å². The van der Waals surface area contributed by atoms with Gasteiger partial charge >= 0.3 is 0 Å². The van der Waals surface area contributed by atoms with E-state index in [0.29, 0.717) is 16.9 Å². The molecule has 4 nitrogen and oxygen atoms in total. The first-order chi connectivity index (χ1) is 12.2. The highest BCUT2D eigenvalue weighted by Crippen LogP contribution is 2.19. The molecule has 25 heavy (non-hydrogen) atoms. The lowest BCUT2D eigenvalue weighted by Gasteiger charge is -2.04. The van der Waals surface area contributed by atoms with Gasteiger partial charge in [-0.2, -0.15) is 4.99 Å². The Balaban J connectivity index is 1.63.